The van der Waals surface area contributed by atoms with Gasteiger partial charge in [0.25, 0.3) is 10.0 Å². The Morgan fingerprint density at radius 2 is 1.54 bits per heavy atom. The topological polar surface area (TPSA) is 103 Å². The number of aromatic nitrogens is 1. The zero-order chi connectivity index (χ0) is 29.9. The third-order valence-electron chi connectivity index (χ3n) is 6.15. The predicted octanol–water partition coefficient (Wildman–Crippen LogP) is 6.22. The number of ether oxygens (including phenoxy) is 2. The summed E-state index contributed by atoms with van der Waals surface area (Å²) in [5.41, 5.74) is 1.00. The minimum absolute atomic E-state index is 0.0287. The first-order valence-corrected chi connectivity index (χ1v) is 13.8. The van der Waals surface area contributed by atoms with Crippen LogP contribution in [-0.2, 0) is 21.3 Å². The molecule has 0 bridgehead atoms. The molecular weight excluding hydrogens is 561 g/mol. The van der Waals surface area contributed by atoms with Crippen LogP contribution in [0.4, 0.5) is 19.0 Å². The summed E-state index contributed by atoms with van der Waals surface area (Å²) in [5, 5.41) is 1.15. The van der Waals surface area contributed by atoms with Gasteiger partial charge >= 0.3 is 12.3 Å². The van der Waals surface area contributed by atoms with Gasteiger partial charge in [-0.25, -0.2) is 22.5 Å². The number of pyridine rings is 1. The normalized spacial score (nSPS) is 11.8. The van der Waals surface area contributed by atoms with Crippen molar-refractivity contribution >= 4 is 38.4 Å². The van der Waals surface area contributed by atoms with Crippen LogP contribution < -0.4 is 9.04 Å². The highest BCUT2D eigenvalue weighted by atomic mass is 32.2. The number of carbonyl (C=O) groups excluding carboxylic acids is 2. The van der Waals surface area contributed by atoms with Crippen LogP contribution in [0, 0.1) is 6.92 Å². The lowest BCUT2D eigenvalue weighted by molar-refractivity contribution is -0.274. The molecule has 1 aromatic heterocycles. The van der Waals surface area contributed by atoms with Crippen molar-refractivity contribution in [2.24, 2.45) is 0 Å². The Balaban J connectivity index is 1.86. The molecule has 3 aromatic carbocycles. The van der Waals surface area contributed by atoms with E-state index in [0.717, 1.165) is 16.4 Å². The van der Waals surface area contributed by atoms with E-state index < -0.39 is 28.1 Å². The Morgan fingerprint density at radius 1 is 0.927 bits per heavy atom. The van der Waals surface area contributed by atoms with Gasteiger partial charge in [0.15, 0.2) is 5.78 Å². The number of aryl methyl sites for hydroxylation is 1. The number of alkyl halides is 3. The van der Waals surface area contributed by atoms with Crippen LogP contribution in [0.25, 0.3) is 10.8 Å². The maximum absolute atomic E-state index is 14.1. The van der Waals surface area contributed by atoms with E-state index in [0.29, 0.717) is 21.9 Å². The minimum atomic E-state index is -4.89. The third kappa shape index (κ3) is 6.49. The first-order chi connectivity index (χ1) is 19.3. The lowest BCUT2D eigenvalue weighted by Crippen LogP contribution is -2.32. The second-order valence-corrected chi connectivity index (χ2v) is 10.8. The molecule has 41 heavy (non-hydrogen) atoms. The molecular formula is C29H25F3N2O6S. The number of fused-ring (bicyclic) bond motifs is 1. The van der Waals surface area contributed by atoms with Crippen molar-refractivity contribution in [1.82, 2.24) is 4.98 Å². The number of Topliss-reactive ketones (excluding diaryl/α,β-unsaturated/α-hetero) is 1. The van der Waals surface area contributed by atoms with Crippen molar-refractivity contribution in [3.63, 3.8) is 0 Å². The number of hydrogen-bond acceptors (Lipinski definition) is 7. The van der Waals surface area contributed by atoms with E-state index >= 15 is 0 Å². The van der Waals surface area contributed by atoms with Crippen molar-refractivity contribution in [2.45, 2.75) is 38.6 Å². The van der Waals surface area contributed by atoms with E-state index in [-0.39, 0.29) is 40.9 Å². The van der Waals surface area contributed by atoms with E-state index in [4.69, 9.17) is 4.74 Å². The molecule has 12 heteroatoms. The number of esters is 1. The predicted molar refractivity (Wildman–Crippen MR) is 145 cm³/mol. The fourth-order valence-electron chi connectivity index (χ4n) is 4.24. The van der Waals surface area contributed by atoms with Gasteiger partial charge in [-0.2, -0.15) is 0 Å². The number of anilines is 1. The van der Waals surface area contributed by atoms with Gasteiger partial charge in [0.2, 0.25) is 0 Å². The van der Waals surface area contributed by atoms with Gasteiger partial charge < -0.3 is 9.47 Å². The monoisotopic (exact) mass is 586 g/mol. The average Bonchev–Trinajstić information content (AvgIpc) is 2.92. The number of sulfonamides is 1. The Bertz CT molecular complexity index is 1700. The van der Waals surface area contributed by atoms with Crippen LogP contribution in [-0.4, -0.2) is 38.1 Å². The molecule has 0 aliphatic heterocycles. The molecule has 4 rings (SSSR count). The van der Waals surface area contributed by atoms with Crippen molar-refractivity contribution in [3.8, 4) is 5.75 Å². The van der Waals surface area contributed by atoms with E-state index in [1.165, 1.54) is 43.3 Å². The summed E-state index contributed by atoms with van der Waals surface area (Å²) < 4.78 is 75.9. The molecule has 0 saturated carbocycles. The molecule has 0 atom stereocenters. The summed E-state index contributed by atoms with van der Waals surface area (Å²) in [4.78, 5) is 28.9. The van der Waals surface area contributed by atoms with Crippen LogP contribution in [0.2, 0.25) is 0 Å². The minimum Gasteiger partial charge on any atom is -0.462 e. The number of halogens is 3. The van der Waals surface area contributed by atoms with Crippen LogP contribution in [0.1, 0.15) is 45.8 Å². The summed E-state index contributed by atoms with van der Waals surface area (Å²) in [6.45, 7) is 4.44. The SMILES string of the molecule is CCOC(=O)c1ccc(S(=O)(=O)N(Cc2ccc(OC(F)(F)F)cc2)c2nc(C(C)=O)c3ccccc3c2C)cc1. The number of nitrogens with zero attached hydrogens (tertiary/aromatic N) is 2. The smallest absolute Gasteiger partial charge is 0.462 e. The third-order valence-corrected chi connectivity index (χ3v) is 7.90. The number of ketones is 1. The molecule has 0 amide bonds. The maximum Gasteiger partial charge on any atom is 0.573 e. The van der Waals surface area contributed by atoms with Gasteiger partial charge in [-0.1, -0.05) is 36.4 Å². The van der Waals surface area contributed by atoms with Gasteiger partial charge in [-0.05, 0) is 61.2 Å². The van der Waals surface area contributed by atoms with Gasteiger partial charge in [-0.15, -0.1) is 13.2 Å². The lowest BCUT2D eigenvalue weighted by Gasteiger charge is -2.26. The molecule has 0 N–H and O–H groups in total. The van der Waals surface area contributed by atoms with Crippen LogP contribution in [0.15, 0.2) is 77.7 Å². The summed E-state index contributed by atoms with van der Waals surface area (Å²) in [5.74, 6) is -1.50. The maximum atomic E-state index is 14.1. The zero-order valence-corrected chi connectivity index (χ0v) is 23.0. The second-order valence-electron chi connectivity index (χ2n) is 8.96. The largest absolute Gasteiger partial charge is 0.573 e. The van der Waals surface area contributed by atoms with Crippen molar-refractivity contribution in [2.75, 3.05) is 10.9 Å². The van der Waals surface area contributed by atoms with Gasteiger partial charge in [-0.3, -0.25) is 4.79 Å². The first-order valence-electron chi connectivity index (χ1n) is 12.4. The highest BCUT2D eigenvalue weighted by Gasteiger charge is 2.32. The fourth-order valence-corrected chi connectivity index (χ4v) is 5.70. The fraction of sp³-hybridized carbons (Fsp3) is 0.207. The molecule has 0 aliphatic rings. The number of carbonyl (C=O) groups is 2. The van der Waals surface area contributed by atoms with Crippen molar-refractivity contribution < 1.29 is 40.7 Å². The van der Waals surface area contributed by atoms with Gasteiger partial charge in [0.05, 0.1) is 23.6 Å². The Hall–Kier alpha value is -4.45. The molecule has 1 heterocycles. The lowest BCUT2D eigenvalue weighted by atomic mass is 10.0. The standard InChI is InChI=1S/C29H25F3N2O6S/c1-4-39-28(36)21-11-15-23(16-12-21)41(37,38)34(17-20-9-13-22(14-10-20)40-29(30,31)32)27-18(2)24-7-5-6-8-25(24)26(33-27)19(3)35/h5-16H,4,17H2,1-3H3. The molecule has 0 fully saturated rings. The molecule has 8 nitrogen and oxygen atoms in total. The zero-order valence-electron chi connectivity index (χ0n) is 22.2. The first kappa shape index (κ1) is 29.5. The van der Waals surface area contributed by atoms with Crippen LogP contribution >= 0.6 is 0 Å². The van der Waals surface area contributed by atoms with E-state index in [1.54, 1.807) is 38.1 Å². The second kappa shape index (κ2) is 11.6. The van der Waals surface area contributed by atoms with Crippen molar-refractivity contribution in [3.05, 3.63) is 95.2 Å². The summed E-state index contributed by atoms with van der Waals surface area (Å²) in [6.07, 6.45) is -4.89. The number of hydrogen-bond donors (Lipinski definition) is 0. The van der Waals surface area contributed by atoms with E-state index in [2.05, 4.69) is 9.72 Å². The van der Waals surface area contributed by atoms with Crippen LogP contribution in [0.3, 0.4) is 0 Å². The highest BCUT2D eigenvalue weighted by molar-refractivity contribution is 7.92. The Kier molecular flexibility index (Phi) is 8.34. The van der Waals surface area contributed by atoms with Crippen LogP contribution in [0.5, 0.6) is 5.75 Å². The molecule has 0 unspecified atom stereocenters. The quantitative estimate of drug-likeness (QED) is 0.170. The summed E-state index contributed by atoms with van der Waals surface area (Å²) in [6, 6.07) is 16.8. The van der Waals surface area contributed by atoms with Crippen molar-refractivity contribution in [1.29, 1.82) is 0 Å². The highest BCUT2D eigenvalue weighted by Crippen LogP contribution is 2.34. The van der Waals surface area contributed by atoms with E-state index in [9.17, 15) is 31.2 Å². The molecule has 214 valence electrons. The molecule has 0 aliphatic carbocycles. The molecule has 0 radical (unpaired) electrons. The summed E-state index contributed by atoms with van der Waals surface area (Å²) in [7, 11) is -4.38. The molecule has 4 aromatic rings. The van der Waals surface area contributed by atoms with Gasteiger partial charge in [0, 0.05) is 17.9 Å². The number of rotatable bonds is 9. The Morgan fingerprint density at radius 3 is 2.10 bits per heavy atom. The summed E-state index contributed by atoms with van der Waals surface area (Å²) >= 11 is 0. The molecule has 0 spiro atoms. The Labute approximate surface area is 234 Å². The number of benzene rings is 3. The molecule has 0 saturated heterocycles. The van der Waals surface area contributed by atoms with E-state index in [1.807, 2.05) is 0 Å². The van der Waals surface area contributed by atoms with Gasteiger partial charge in [0.1, 0.15) is 17.3 Å². The average molecular weight is 587 g/mol.